The number of quaternary nitrogens is 2. The third kappa shape index (κ3) is 16.0. The van der Waals surface area contributed by atoms with Crippen molar-refractivity contribution in [3.8, 4) is 0 Å². The van der Waals surface area contributed by atoms with Crippen LogP contribution >= 0.6 is 0 Å². The van der Waals surface area contributed by atoms with Gasteiger partial charge in [-0.2, -0.15) is 0 Å². The largest absolute Gasteiger partial charge is 0.320 e. The van der Waals surface area contributed by atoms with E-state index in [1.165, 1.54) is 127 Å². The minimum Gasteiger partial charge on any atom is -0.320 e. The zero-order valence-corrected chi connectivity index (χ0v) is 35.1. The molecule has 7 heteroatoms. The SMILES string of the molecule is CCCC[N+](CCCC)(CCCC)Cc1cccc(CC(=O)Nc2cccc(NC(=O)Cc3cccc(C[N+](CCCC)(CCCC)CCCC)c3)n2)c1. The van der Waals surface area contributed by atoms with E-state index in [9.17, 15) is 9.59 Å². The van der Waals surface area contributed by atoms with Crippen LogP contribution in [-0.4, -0.2) is 65.0 Å². The Morgan fingerprint density at radius 3 is 1.07 bits per heavy atom. The van der Waals surface area contributed by atoms with Crippen LogP contribution < -0.4 is 10.6 Å². The Morgan fingerprint density at radius 2 is 0.759 bits per heavy atom. The summed E-state index contributed by atoms with van der Waals surface area (Å²) in [5.74, 6) is 0.640. The first-order valence-corrected chi connectivity index (χ1v) is 21.6. The molecule has 0 spiro atoms. The number of pyridine rings is 1. The summed E-state index contributed by atoms with van der Waals surface area (Å²) < 4.78 is 2.27. The van der Waals surface area contributed by atoms with Gasteiger partial charge in [0.1, 0.15) is 24.7 Å². The lowest BCUT2D eigenvalue weighted by molar-refractivity contribution is -0.941. The molecule has 1 aromatic heterocycles. The molecule has 0 saturated carbocycles. The van der Waals surface area contributed by atoms with E-state index in [2.05, 4.69) is 93.6 Å². The number of carbonyl (C=O) groups is 2. The molecule has 0 aliphatic rings. The second-order valence-electron chi connectivity index (χ2n) is 16.0. The summed E-state index contributed by atoms with van der Waals surface area (Å²) in [4.78, 5) is 31.0. The Bertz CT molecular complexity index is 1370. The molecule has 3 rings (SSSR count). The van der Waals surface area contributed by atoms with Crippen LogP contribution in [0.1, 0.15) is 141 Å². The van der Waals surface area contributed by atoms with Crippen molar-refractivity contribution in [2.75, 3.05) is 49.9 Å². The molecule has 298 valence electrons. The summed E-state index contributed by atoms with van der Waals surface area (Å²) in [6, 6.07) is 22.5. The predicted molar refractivity (Wildman–Crippen MR) is 228 cm³/mol. The van der Waals surface area contributed by atoms with Crippen molar-refractivity contribution in [3.05, 3.63) is 89.0 Å². The molecule has 2 amide bonds. The number of hydrogen-bond acceptors (Lipinski definition) is 3. The number of benzene rings is 2. The molecule has 54 heavy (non-hydrogen) atoms. The van der Waals surface area contributed by atoms with Gasteiger partial charge >= 0.3 is 0 Å². The monoisotopic (exact) mass is 742 g/mol. The van der Waals surface area contributed by atoms with Gasteiger partial charge in [0.05, 0.1) is 52.1 Å². The van der Waals surface area contributed by atoms with Crippen LogP contribution in [0.25, 0.3) is 0 Å². The highest BCUT2D eigenvalue weighted by atomic mass is 16.2. The van der Waals surface area contributed by atoms with Crippen molar-refractivity contribution < 1.29 is 18.6 Å². The van der Waals surface area contributed by atoms with Gasteiger partial charge in [-0.15, -0.1) is 0 Å². The van der Waals surface area contributed by atoms with Crippen molar-refractivity contribution in [1.29, 1.82) is 0 Å². The number of anilines is 2. The van der Waals surface area contributed by atoms with E-state index < -0.39 is 0 Å². The summed E-state index contributed by atoms with van der Waals surface area (Å²) in [6.45, 7) is 23.0. The molecule has 0 radical (unpaired) electrons. The Kier molecular flexibility index (Phi) is 20.6. The third-order valence-electron chi connectivity index (χ3n) is 10.9. The lowest BCUT2D eigenvalue weighted by Crippen LogP contribution is -2.49. The van der Waals surface area contributed by atoms with Gasteiger partial charge in [0.15, 0.2) is 0 Å². The van der Waals surface area contributed by atoms with Gasteiger partial charge in [-0.25, -0.2) is 4.98 Å². The highest BCUT2D eigenvalue weighted by Crippen LogP contribution is 2.23. The fourth-order valence-electron chi connectivity index (χ4n) is 7.88. The van der Waals surface area contributed by atoms with Crippen LogP contribution in [0.2, 0.25) is 0 Å². The molecule has 2 N–H and O–H groups in total. The van der Waals surface area contributed by atoms with Crippen LogP contribution in [0.15, 0.2) is 66.7 Å². The van der Waals surface area contributed by atoms with Gasteiger partial charge in [0, 0.05) is 11.1 Å². The molecule has 1 heterocycles. The van der Waals surface area contributed by atoms with Gasteiger partial charge < -0.3 is 19.6 Å². The van der Waals surface area contributed by atoms with Gasteiger partial charge in [0.25, 0.3) is 0 Å². The van der Waals surface area contributed by atoms with Gasteiger partial charge in [-0.1, -0.05) is 123 Å². The molecular weight excluding hydrogens is 667 g/mol. The molecule has 0 bridgehead atoms. The predicted octanol–water partition coefficient (Wildman–Crippen LogP) is 10.9. The zero-order valence-electron chi connectivity index (χ0n) is 35.1. The molecule has 0 aliphatic heterocycles. The smallest absolute Gasteiger partial charge is 0.229 e. The molecule has 0 atom stereocenters. The van der Waals surface area contributed by atoms with Crippen LogP contribution in [0.4, 0.5) is 11.6 Å². The lowest BCUT2D eigenvalue weighted by Gasteiger charge is -2.39. The molecule has 0 aliphatic carbocycles. The number of amides is 2. The quantitative estimate of drug-likeness (QED) is 0.0728. The van der Waals surface area contributed by atoms with Gasteiger partial charge in [0.2, 0.25) is 11.8 Å². The van der Waals surface area contributed by atoms with E-state index in [1.807, 2.05) is 18.2 Å². The van der Waals surface area contributed by atoms with Crippen LogP contribution in [0, 0.1) is 0 Å². The maximum absolute atomic E-state index is 13.2. The minimum absolute atomic E-state index is 0.116. The lowest BCUT2D eigenvalue weighted by atomic mass is 10.0. The van der Waals surface area contributed by atoms with Gasteiger partial charge in [-0.3, -0.25) is 9.59 Å². The van der Waals surface area contributed by atoms with Crippen molar-refractivity contribution in [1.82, 2.24) is 4.98 Å². The topological polar surface area (TPSA) is 71.1 Å². The van der Waals surface area contributed by atoms with E-state index in [0.29, 0.717) is 11.6 Å². The second-order valence-corrected chi connectivity index (χ2v) is 16.0. The van der Waals surface area contributed by atoms with Crippen LogP contribution in [0.5, 0.6) is 0 Å². The average Bonchev–Trinajstić information content (AvgIpc) is 3.16. The van der Waals surface area contributed by atoms with E-state index in [1.54, 1.807) is 12.1 Å². The van der Waals surface area contributed by atoms with Crippen LogP contribution in [0.3, 0.4) is 0 Å². The molecule has 0 unspecified atom stereocenters. The van der Waals surface area contributed by atoms with E-state index in [4.69, 9.17) is 0 Å². The molecule has 7 nitrogen and oxygen atoms in total. The van der Waals surface area contributed by atoms with Crippen molar-refractivity contribution in [2.24, 2.45) is 0 Å². The first-order chi connectivity index (χ1) is 26.2. The number of aromatic nitrogens is 1. The maximum atomic E-state index is 13.2. The molecule has 0 fully saturated rings. The summed E-state index contributed by atoms with van der Waals surface area (Å²) in [6.07, 6.45) is 15.3. The number of unbranched alkanes of at least 4 members (excludes halogenated alkanes) is 6. The Morgan fingerprint density at radius 1 is 0.463 bits per heavy atom. The zero-order chi connectivity index (χ0) is 39.1. The minimum atomic E-state index is -0.116. The first kappa shape index (κ1) is 44.8. The summed E-state index contributed by atoms with van der Waals surface area (Å²) in [5, 5.41) is 5.94. The number of nitrogens with zero attached hydrogens (tertiary/aromatic N) is 3. The number of rotatable bonds is 28. The summed E-state index contributed by atoms with van der Waals surface area (Å²) in [5.41, 5.74) is 4.63. The highest BCUT2D eigenvalue weighted by Gasteiger charge is 2.28. The first-order valence-electron chi connectivity index (χ1n) is 21.6. The Balaban J connectivity index is 1.63. The molecular formula is C47H75N5O2+2. The summed E-state index contributed by atoms with van der Waals surface area (Å²) >= 11 is 0. The molecule has 3 aromatic rings. The fourth-order valence-corrected chi connectivity index (χ4v) is 7.88. The maximum Gasteiger partial charge on any atom is 0.229 e. The number of hydrogen-bond donors (Lipinski definition) is 2. The number of carbonyl (C=O) groups excluding carboxylic acids is 2. The van der Waals surface area contributed by atoms with Crippen molar-refractivity contribution >= 4 is 23.5 Å². The highest BCUT2D eigenvalue weighted by molar-refractivity contribution is 5.93. The standard InChI is InChI=1S/C47H73N5O2/c1-7-13-28-51(29-14-8-2,30-15-9-3)38-42-24-19-22-40(34-42)36-46(53)49-44-26-21-27-45(48-44)50-47(54)37-41-23-20-25-43(35-41)39-52(31-16-10-4,32-17-11-5)33-18-12-6/h19-27,34-35H,7-18,28-33,36-39H2,1-6H3/p+2. The van der Waals surface area contributed by atoms with E-state index in [0.717, 1.165) is 33.2 Å². The van der Waals surface area contributed by atoms with E-state index >= 15 is 0 Å². The number of nitrogens with one attached hydrogen (secondary N) is 2. The molecule has 2 aromatic carbocycles. The van der Waals surface area contributed by atoms with Crippen molar-refractivity contribution in [3.63, 3.8) is 0 Å². The second kappa shape index (κ2) is 24.8. The Hall–Kier alpha value is -3.55. The molecule has 0 saturated heterocycles. The van der Waals surface area contributed by atoms with E-state index in [-0.39, 0.29) is 24.7 Å². The average molecular weight is 742 g/mol. The fraction of sp³-hybridized carbons (Fsp3) is 0.596. The summed E-state index contributed by atoms with van der Waals surface area (Å²) in [7, 11) is 0. The normalized spacial score (nSPS) is 11.8. The van der Waals surface area contributed by atoms with Gasteiger partial charge in [-0.05, 0) is 73.9 Å². The van der Waals surface area contributed by atoms with Crippen LogP contribution in [-0.2, 0) is 35.5 Å². The third-order valence-corrected chi connectivity index (χ3v) is 10.9. The Labute approximate surface area is 329 Å². The van der Waals surface area contributed by atoms with Crippen molar-refractivity contribution in [2.45, 2.75) is 145 Å².